The Balaban J connectivity index is 0.00000261. The normalized spacial score (nSPS) is 20.3. The van der Waals surface area contributed by atoms with E-state index in [1.165, 1.54) is 4.90 Å². The third-order valence-corrected chi connectivity index (χ3v) is 5.37. The Morgan fingerprint density at radius 3 is 2.59 bits per heavy atom. The summed E-state index contributed by atoms with van der Waals surface area (Å²) >= 11 is 0. The van der Waals surface area contributed by atoms with Crippen LogP contribution in [-0.2, 0) is 0 Å². The van der Waals surface area contributed by atoms with Crippen molar-refractivity contribution in [3.63, 3.8) is 0 Å². The van der Waals surface area contributed by atoms with Gasteiger partial charge in [-0.05, 0) is 50.8 Å². The molecule has 0 spiro atoms. The van der Waals surface area contributed by atoms with E-state index in [4.69, 9.17) is 5.73 Å². The second-order valence-electron chi connectivity index (χ2n) is 7.30. The first-order valence-corrected chi connectivity index (χ1v) is 9.52. The lowest BCUT2D eigenvalue weighted by Gasteiger charge is -2.38. The van der Waals surface area contributed by atoms with Crippen LogP contribution >= 0.6 is 12.4 Å². The Morgan fingerprint density at radius 2 is 1.93 bits per heavy atom. The predicted octanol–water partition coefficient (Wildman–Crippen LogP) is 2.85. The van der Waals surface area contributed by atoms with Crippen molar-refractivity contribution in [2.24, 2.45) is 5.73 Å². The summed E-state index contributed by atoms with van der Waals surface area (Å²) in [7, 11) is 0. The van der Waals surface area contributed by atoms with E-state index in [0.29, 0.717) is 29.8 Å². The van der Waals surface area contributed by atoms with Gasteiger partial charge in [-0.25, -0.2) is 0 Å². The smallest absolute Gasteiger partial charge is 0.261 e. The molecule has 0 bridgehead atoms. The number of benzene rings is 1. The molecule has 3 rings (SSSR count). The van der Waals surface area contributed by atoms with Gasteiger partial charge >= 0.3 is 0 Å². The van der Waals surface area contributed by atoms with Gasteiger partial charge in [0.15, 0.2) is 0 Å². The van der Waals surface area contributed by atoms with Gasteiger partial charge in [-0.2, -0.15) is 0 Å². The molecular formula is C20H28ClN3O3. The molecule has 2 unspecified atom stereocenters. The zero-order valence-corrected chi connectivity index (χ0v) is 16.8. The van der Waals surface area contributed by atoms with E-state index in [9.17, 15) is 14.4 Å². The van der Waals surface area contributed by atoms with Gasteiger partial charge in [0.2, 0.25) is 0 Å². The monoisotopic (exact) mass is 393 g/mol. The molecule has 1 saturated heterocycles. The summed E-state index contributed by atoms with van der Waals surface area (Å²) in [6.45, 7) is 5.04. The molecule has 1 fully saturated rings. The molecular weight excluding hydrogens is 366 g/mol. The molecule has 2 N–H and O–H groups in total. The summed E-state index contributed by atoms with van der Waals surface area (Å²) < 4.78 is 0. The minimum atomic E-state index is -0.296. The molecule has 2 aliphatic rings. The summed E-state index contributed by atoms with van der Waals surface area (Å²) in [5.74, 6) is -0.665. The first kappa shape index (κ1) is 21.4. The van der Waals surface area contributed by atoms with Crippen LogP contribution in [0.25, 0.3) is 0 Å². The zero-order valence-electron chi connectivity index (χ0n) is 15.9. The Hall–Kier alpha value is -1.92. The largest absolute Gasteiger partial charge is 0.334 e. The molecule has 6 nitrogen and oxygen atoms in total. The van der Waals surface area contributed by atoms with Crippen LogP contribution in [-0.4, -0.2) is 52.7 Å². The standard InChI is InChI=1S/C20H27N3O3.ClH/c1-3-4-10-23-19(25)15-9-8-14(12-16(15)20(23)26)18(24)22-11-6-5-7-17(22)13(2)21;/h8-9,12-13,17H,3-7,10-11,21H2,1-2H3;1H. The minimum Gasteiger partial charge on any atom is -0.334 e. The molecule has 0 aromatic heterocycles. The topological polar surface area (TPSA) is 83.7 Å². The van der Waals surface area contributed by atoms with Crippen molar-refractivity contribution in [3.8, 4) is 0 Å². The number of fused-ring (bicyclic) bond motifs is 1. The fraction of sp³-hybridized carbons (Fsp3) is 0.550. The van der Waals surface area contributed by atoms with Gasteiger partial charge in [-0.1, -0.05) is 13.3 Å². The number of hydrogen-bond donors (Lipinski definition) is 1. The number of carbonyl (C=O) groups is 3. The summed E-state index contributed by atoms with van der Waals surface area (Å²) in [5, 5.41) is 0. The van der Waals surface area contributed by atoms with Crippen molar-refractivity contribution in [3.05, 3.63) is 34.9 Å². The second-order valence-corrected chi connectivity index (χ2v) is 7.30. The quantitative estimate of drug-likeness (QED) is 0.779. The third kappa shape index (κ3) is 4.01. The third-order valence-electron chi connectivity index (χ3n) is 5.37. The summed E-state index contributed by atoms with van der Waals surface area (Å²) in [4.78, 5) is 41.2. The van der Waals surface area contributed by atoms with Crippen molar-refractivity contribution < 1.29 is 14.4 Å². The number of nitrogens with two attached hydrogens (primary N) is 1. The highest BCUT2D eigenvalue weighted by molar-refractivity contribution is 6.22. The average molecular weight is 394 g/mol. The highest BCUT2D eigenvalue weighted by Crippen LogP contribution is 2.27. The molecule has 7 heteroatoms. The van der Waals surface area contributed by atoms with E-state index in [1.54, 1.807) is 18.2 Å². The Labute approximate surface area is 166 Å². The lowest BCUT2D eigenvalue weighted by atomic mass is 9.95. The lowest BCUT2D eigenvalue weighted by molar-refractivity contribution is 0.0583. The molecule has 27 heavy (non-hydrogen) atoms. The van der Waals surface area contributed by atoms with Crippen molar-refractivity contribution in [2.75, 3.05) is 13.1 Å². The van der Waals surface area contributed by atoms with Crippen molar-refractivity contribution in [1.29, 1.82) is 0 Å². The van der Waals surface area contributed by atoms with Gasteiger partial charge in [0.1, 0.15) is 0 Å². The van der Waals surface area contributed by atoms with E-state index in [2.05, 4.69) is 0 Å². The van der Waals surface area contributed by atoms with Crippen LogP contribution in [0.4, 0.5) is 0 Å². The van der Waals surface area contributed by atoms with Crippen LogP contribution in [0.3, 0.4) is 0 Å². The molecule has 1 aromatic rings. The zero-order chi connectivity index (χ0) is 18.8. The fourth-order valence-corrected chi connectivity index (χ4v) is 3.87. The number of hydrogen-bond acceptors (Lipinski definition) is 4. The van der Waals surface area contributed by atoms with Gasteiger partial charge in [-0.3, -0.25) is 19.3 Å². The van der Waals surface area contributed by atoms with Crippen molar-refractivity contribution >= 4 is 30.1 Å². The van der Waals surface area contributed by atoms with Gasteiger partial charge in [0.05, 0.1) is 11.1 Å². The molecule has 0 radical (unpaired) electrons. The Morgan fingerprint density at radius 1 is 1.22 bits per heavy atom. The molecule has 1 aromatic carbocycles. The maximum absolute atomic E-state index is 13.0. The van der Waals surface area contributed by atoms with Crippen LogP contribution in [0, 0.1) is 0 Å². The van der Waals surface area contributed by atoms with E-state index in [-0.39, 0.29) is 42.2 Å². The second kappa shape index (κ2) is 8.85. The molecule has 148 valence electrons. The Bertz CT molecular complexity index is 735. The SMILES string of the molecule is CCCCN1C(=O)c2ccc(C(=O)N3CCCCC3C(C)N)cc2C1=O.Cl. The maximum atomic E-state index is 13.0. The minimum absolute atomic E-state index is 0. The number of likely N-dealkylation sites (tertiary alicyclic amines) is 1. The van der Waals surface area contributed by atoms with Crippen LogP contribution in [0.15, 0.2) is 18.2 Å². The first-order valence-electron chi connectivity index (χ1n) is 9.52. The number of carbonyl (C=O) groups excluding carboxylic acids is 3. The molecule has 0 saturated carbocycles. The number of nitrogens with zero attached hydrogens (tertiary/aromatic N) is 2. The predicted molar refractivity (Wildman–Crippen MR) is 106 cm³/mol. The van der Waals surface area contributed by atoms with Gasteiger partial charge < -0.3 is 10.6 Å². The van der Waals surface area contributed by atoms with Crippen molar-refractivity contribution in [1.82, 2.24) is 9.80 Å². The van der Waals surface area contributed by atoms with E-state index >= 15 is 0 Å². The van der Waals surface area contributed by atoms with E-state index in [0.717, 1.165) is 32.1 Å². The van der Waals surface area contributed by atoms with Crippen molar-refractivity contribution in [2.45, 2.75) is 58.0 Å². The van der Waals surface area contributed by atoms with Gasteiger partial charge in [0, 0.05) is 30.7 Å². The number of imide groups is 1. The molecule has 3 amide bonds. The molecule has 0 aliphatic carbocycles. The number of unbranched alkanes of at least 4 members (excludes halogenated alkanes) is 1. The number of halogens is 1. The fourth-order valence-electron chi connectivity index (χ4n) is 3.87. The molecule has 2 aliphatic heterocycles. The van der Waals surface area contributed by atoms with E-state index < -0.39 is 0 Å². The van der Waals surface area contributed by atoms with Crippen LogP contribution in [0.2, 0.25) is 0 Å². The average Bonchev–Trinajstić information content (AvgIpc) is 2.89. The molecule has 2 heterocycles. The maximum Gasteiger partial charge on any atom is 0.261 e. The highest BCUT2D eigenvalue weighted by atomic mass is 35.5. The number of amides is 3. The summed E-state index contributed by atoms with van der Waals surface area (Å²) in [5.41, 5.74) is 7.26. The number of piperidine rings is 1. The lowest BCUT2D eigenvalue weighted by Crippen LogP contribution is -2.51. The number of rotatable bonds is 5. The highest BCUT2D eigenvalue weighted by Gasteiger charge is 2.36. The van der Waals surface area contributed by atoms with Gasteiger partial charge in [0.25, 0.3) is 17.7 Å². The van der Waals surface area contributed by atoms with Crippen LogP contribution in [0.5, 0.6) is 0 Å². The van der Waals surface area contributed by atoms with E-state index in [1.807, 2.05) is 18.7 Å². The summed E-state index contributed by atoms with van der Waals surface area (Å²) in [6, 6.07) is 4.77. The Kier molecular flexibility index (Phi) is 7.00. The van der Waals surface area contributed by atoms with Crippen LogP contribution < -0.4 is 5.73 Å². The van der Waals surface area contributed by atoms with Crippen LogP contribution in [0.1, 0.15) is 77.0 Å². The van der Waals surface area contributed by atoms with Gasteiger partial charge in [-0.15, -0.1) is 12.4 Å². The summed E-state index contributed by atoms with van der Waals surface area (Å²) in [6.07, 6.45) is 4.62. The molecule has 2 atom stereocenters. The first-order chi connectivity index (χ1) is 12.5.